The first-order valence-electron chi connectivity index (χ1n) is 18.3. The number of fused-ring (bicyclic) bond motifs is 3. The standard InChI is InChI=1S/C45H48N4O/c1-7-10-12-16-31-21-24-41-38(27-31)37-23-22-36(30-42(37)48(41)43-28-33(25-26-46-43)45(4,5)6)50-35-20-15-19-34(29-35)49-40(9-3)44(39(8-2)47-49)32-17-13-11-14-18-32/h11,13-15,17-30H,7-10,12,16H2,1-6H3. The van der Waals surface area contributed by atoms with Gasteiger partial charge in [-0.15, -0.1) is 0 Å². The van der Waals surface area contributed by atoms with Crippen LogP contribution >= 0.6 is 0 Å². The van der Waals surface area contributed by atoms with Gasteiger partial charge in [-0.25, -0.2) is 9.67 Å². The number of aromatic nitrogens is 4. The molecule has 0 N–H and O–H groups in total. The number of pyridine rings is 1. The fourth-order valence-electron chi connectivity index (χ4n) is 7.14. The van der Waals surface area contributed by atoms with E-state index in [1.54, 1.807) is 0 Å². The second kappa shape index (κ2) is 14.0. The van der Waals surface area contributed by atoms with Gasteiger partial charge >= 0.3 is 0 Å². The Hall–Kier alpha value is -5.16. The summed E-state index contributed by atoms with van der Waals surface area (Å²) < 4.78 is 11.0. The Labute approximate surface area is 296 Å². The summed E-state index contributed by atoms with van der Waals surface area (Å²) in [6, 6.07) is 36.7. The molecule has 3 heterocycles. The van der Waals surface area contributed by atoms with Crippen LogP contribution in [0, 0.1) is 0 Å². The lowest BCUT2D eigenvalue weighted by Crippen LogP contribution is -2.12. The predicted molar refractivity (Wildman–Crippen MR) is 208 cm³/mol. The van der Waals surface area contributed by atoms with Crippen molar-refractivity contribution in [2.24, 2.45) is 0 Å². The number of nitrogens with zero attached hydrogens (tertiary/aromatic N) is 4. The SMILES string of the molecule is CCCCCc1ccc2c(c1)c1ccc(Oc3cccc(-n4nc(CC)c(-c5ccccc5)c4CC)c3)cc1n2-c1cc(C(C)(C)C)ccn1. The molecule has 0 saturated carbocycles. The summed E-state index contributed by atoms with van der Waals surface area (Å²) in [5.74, 6) is 2.47. The van der Waals surface area contributed by atoms with Gasteiger partial charge in [0.1, 0.15) is 17.3 Å². The van der Waals surface area contributed by atoms with Crippen molar-refractivity contribution in [3.05, 3.63) is 132 Å². The van der Waals surface area contributed by atoms with E-state index in [0.717, 1.165) is 59.0 Å². The smallest absolute Gasteiger partial charge is 0.137 e. The summed E-state index contributed by atoms with van der Waals surface area (Å²) in [6.45, 7) is 13.4. The molecule has 0 amide bonds. The molecule has 0 fully saturated rings. The first kappa shape index (κ1) is 33.3. The van der Waals surface area contributed by atoms with Gasteiger partial charge in [-0.2, -0.15) is 5.10 Å². The summed E-state index contributed by atoms with van der Waals surface area (Å²) in [6.07, 6.45) is 8.44. The fraction of sp³-hybridized carbons (Fsp3) is 0.289. The molecule has 7 rings (SSSR count). The molecule has 0 aliphatic carbocycles. The van der Waals surface area contributed by atoms with Crippen LogP contribution in [-0.2, 0) is 24.7 Å². The zero-order valence-electron chi connectivity index (χ0n) is 30.3. The van der Waals surface area contributed by atoms with Gasteiger partial charge in [0, 0.05) is 34.7 Å². The molecule has 4 aromatic carbocycles. The number of benzene rings is 4. The van der Waals surface area contributed by atoms with E-state index in [0.29, 0.717) is 0 Å². The number of unbranched alkanes of at least 4 members (excludes halogenated alkanes) is 2. The van der Waals surface area contributed by atoms with Crippen LogP contribution in [0.4, 0.5) is 0 Å². The zero-order valence-corrected chi connectivity index (χ0v) is 30.3. The molecule has 50 heavy (non-hydrogen) atoms. The van der Waals surface area contributed by atoms with Gasteiger partial charge in [0.25, 0.3) is 0 Å². The first-order chi connectivity index (χ1) is 24.3. The van der Waals surface area contributed by atoms with Gasteiger partial charge in [0.05, 0.1) is 28.1 Å². The van der Waals surface area contributed by atoms with Crippen LogP contribution in [0.25, 0.3) is 44.4 Å². The molecule has 0 radical (unpaired) electrons. The average molecular weight is 661 g/mol. The molecule has 5 nitrogen and oxygen atoms in total. The number of hydrogen-bond donors (Lipinski definition) is 0. The van der Waals surface area contributed by atoms with Gasteiger partial charge in [-0.1, -0.05) is 96.8 Å². The van der Waals surface area contributed by atoms with Crippen LogP contribution in [0.15, 0.2) is 109 Å². The monoisotopic (exact) mass is 660 g/mol. The van der Waals surface area contributed by atoms with Crippen LogP contribution in [0.1, 0.15) is 83.3 Å². The van der Waals surface area contributed by atoms with Crippen molar-refractivity contribution in [1.82, 2.24) is 19.3 Å². The lowest BCUT2D eigenvalue weighted by Gasteiger charge is -2.20. The molecule has 0 unspecified atom stereocenters. The highest BCUT2D eigenvalue weighted by Gasteiger charge is 2.20. The third-order valence-corrected chi connectivity index (χ3v) is 9.80. The third-order valence-electron chi connectivity index (χ3n) is 9.80. The number of hydrogen-bond acceptors (Lipinski definition) is 3. The van der Waals surface area contributed by atoms with Crippen LogP contribution < -0.4 is 4.74 Å². The largest absolute Gasteiger partial charge is 0.457 e. The molecule has 0 saturated heterocycles. The van der Waals surface area contributed by atoms with E-state index in [9.17, 15) is 0 Å². The summed E-state index contributed by atoms with van der Waals surface area (Å²) >= 11 is 0. The predicted octanol–water partition coefficient (Wildman–Crippen LogP) is 12.0. The second-order valence-corrected chi connectivity index (χ2v) is 14.3. The number of ether oxygens (including phenoxy) is 1. The normalized spacial score (nSPS) is 11.9. The van der Waals surface area contributed by atoms with Crippen molar-refractivity contribution < 1.29 is 4.74 Å². The van der Waals surface area contributed by atoms with E-state index in [1.165, 1.54) is 58.0 Å². The highest BCUT2D eigenvalue weighted by molar-refractivity contribution is 6.09. The van der Waals surface area contributed by atoms with E-state index in [1.807, 2.05) is 12.3 Å². The lowest BCUT2D eigenvalue weighted by atomic mass is 9.88. The van der Waals surface area contributed by atoms with Crippen molar-refractivity contribution in [3.63, 3.8) is 0 Å². The molecular formula is C45H48N4O. The second-order valence-electron chi connectivity index (χ2n) is 14.3. The van der Waals surface area contributed by atoms with Gasteiger partial charge in [0.15, 0.2) is 0 Å². The summed E-state index contributed by atoms with van der Waals surface area (Å²) in [4.78, 5) is 4.90. The minimum absolute atomic E-state index is 0.00809. The maximum absolute atomic E-state index is 6.65. The van der Waals surface area contributed by atoms with Crippen molar-refractivity contribution in [2.75, 3.05) is 0 Å². The minimum atomic E-state index is 0.00809. The summed E-state index contributed by atoms with van der Waals surface area (Å²) in [5, 5.41) is 7.56. The quantitative estimate of drug-likeness (QED) is 0.130. The lowest BCUT2D eigenvalue weighted by molar-refractivity contribution is 0.482. The Morgan fingerprint density at radius 3 is 2.28 bits per heavy atom. The van der Waals surface area contributed by atoms with Crippen molar-refractivity contribution in [2.45, 2.75) is 85.5 Å². The van der Waals surface area contributed by atoms with E-state index < -0.39 is 0 Å². The van der Waals surface area contributed by atoms with Crippen LogP contribution in [0.5, 0.6) is 11.5 Å². The Kier molecular flexibility index (Phi) is 9.33. The van der Waals surface area contributed by atoms with Crippen molar-refractivity contribution >= 4 is 21.8 Å². The highest BCUT2D eigenvalue weighted by Crippen LogP contribution is 2.37. The van der Waals surface area contributed by atoms with E-state index in [2.05, 4.69) is 148 Å². The molecule has 0 aliphatic rings. The van der Waals surface area contributed by atoms with Gasteiger partial charge < -0.3 is 4.74 Å². The molecule has 3 aromatic heterocycles. The molecule has 0 aliphatic heterocycles. The molecule has 0 bridgehead atoms. The fourth-order valence-corrected chi connectivity index (χ4v) is 7.14. The van der Waals surface area contributed by atoms with Crippen molar-refractivity contribution in [3.8, 4) is 34.1 Å². The van der Waals surface area contributed by atoms with Gasteiger partial charge in [-0.05, 0) is 96.3 Å². The minimum Gasteiger partial charge on any atom is -0.457 e. The van der Waals surface area contributed by atoms with E-state index >= 15 is 0 Å². The third kappa shape index (κ3) is 6.45. The zero-order chi connectivity index (χ0) is 34.8. The topological polar surface area (TPSA) is 44.9 Å². The number of aryl methyl sites for hydroxylation is 2. The molecule has 5 heteroatoms. The Morgan fingerprint density at radius 2 is 1.52 bits per heavy atom. The maximum Gasteiger partial charge on any atom is 0.137 e. The Balaban J connectivity index is 1.30. The first-order valence-corrected chi connectivity index (χ1v) is 18.3. The average Bonchev–Trinajstić information content (AvgIpc) is 3.67. The molecule has 7 aromatic rings. The molecule has 0 atom stereocenters. The molecular weight excluding hydrogens is 613 g/mol. The molecule has 254 valence electrons. The van der Waals surface area contributed by atoms with E-state index in [-0.39, 0.29) is 5.41 Å². The summed E-state index contributed by atoms with van der Waals surface area (Å²) in [5.41, 5.74) is 10.6. The van der Waals surface area contributed by atoms with Crippen molar-refractivity contribution in [1.29, 1.82) is 0 Å². The maximum atomic E-state index is 6.65. The highest BCUT2D eigenvalue weighted by atomic mass is 16.5. The van der Waals surface area contributed by atoms with Crippen LogP contribution in [0.2, 0.25) is 0 Å². The Bertz CT molecular complexity index is 2270. The Morgan fingerprint density at radius 1 is 0.700 bits per heavy atom. The molecule has 0 spiro atoms. The van der Waals surface area contributed by atoms with Gasteiger partial charge in [-0.3, -0.25) is 4.57 Å². The van der Waals surface area contributed by atoms with Crippen LogP contribution in [-0.4, -0.2) is 19.3 Å². The summed E-state index contributed by atoms with van der Waals surface area (Å²) in [7, 11) is 0. The van der Waals surface area contributed by atoms with E-state index in [4.69, 9.17) is 14.8 Å². The van der Waals surface area contributed by atoms with Gasteiger partial charge in [0.2, 0.25) is 0 Å². The number of rotatable bonds is 11. The van der Waals surface area contributed by atoms with Crippen LogP contribution in [0.3, 0.4) is 0 Å².